The van der Waals surface area contributed by atoms with Crippen LogP contribution in [0.3, 0.4) is 0 Å². The Balaban J connectivity index is 1.27. The van der Waals surface area contributed by atoms with Crippen molar-refractivity contribution in [1.82, 2.24) is 25.0 Å². The van der Waals surface area contributed by atoms with Gasteiger partial charge in [0.1, 0.15) is 11.6 Å². The summed E-state index contributed by atoms with van der Waals surface area (Å²) in [4.78, 5) is 28.8. The molecule has 0 radical (unpaired) electrons. The van der Waals surface area contributed by atoms with Crippen LogP contribution in [0.5, 0.6) is 0 Å². The number of halogens is 2. The number of carbonyl (C=O) groups excluding carboxylic acids is 2. The van der Waals surface area contributed by atoms with E-state index in [1.165, 1.54) is 11.3 Å². The van der Waals surface area contributed by atoms with Gasteiger partial charge < -0.3 is 15.6 Å². The lowest BCUT2D eigenvalue weighted by molar-refractivity contribution is -0.130. The number of rotatable bonds is 9. The normalized spacial score (nSPS) is 26.2. The highest BCUT2D eigenvalue weighted by molar-refractivity contribution is 7.14. The molecule has 3 aliphatic rings. The minimum Gasteiger partial charge on any atom is -0.365 e. The quantitative estimate of drug-likeness (QED) is 0.442. The van der Waals surface area contributed by atoms with Gasteiger partial charge in [0.15, 0.2) is 0 Å². The molecule has 2 amide bonds. The predicted octanol–water partition coefficient (Wildman–Crippen LogP) is 5.11. The minimum atomic E-state index is -2.67. The molecule has 1 saturated carbocycles. The topological polar surface area (TPSA) is 106 Å². The highest BCUT2D eigenvalue weighted by atomic mass is 32.1. The second-order valence-corrected chi connectivity index (χ2v) is 13.0. The highest BCUT2D eigenvalue weighted by Gasteiger charge is 2.43. The monoisotopic (exact) mass is 562 g/mol. The van der Waals surface area contributed by atoms with Crippen LogP contribution in [-0.4, -0.2) is 56.0 Å². The molecular weight excluding hydrogens is 522 g/mol. The summed E-state index contributed by atoms with van der Waals surface area (Å²) in [5.74, 6) is -1.40. The lowest BCUT2D eigenvalue weighted by atomic mass is 9.86. The molecule has 1 unspecified atom stereocenters. The van der Waals surface area contributed by atoms with Crippen LogP contribution in [-0.2, 0) is 4.79 Å². The van der Waals surface area contributed by atoms with E-state index in [0.29, 0.717) is 35.3 Å². The van der Waals surface area contributed by atoms with Gasteiger partial charge in [-0.05, 0) is 64.0 Å². The van der Waals surface area contributed by atoms with E-state index in [4.69, 9.17) is 5.73 Å². The highest BCUT2D eigenvalue weighted by Crippen LogP contribution is 2.43. The number of fused-ring (bicyclic) bond motifs is 2. The molecule has 8 nitrogen and oxygen atoms in total. The van der Waals surface area contributed by atoms with Crippen LogP contribution < -0.4 is 11.1 Å². The Morgan fingerprint density at radius 3 is 2.36 bits per heavy atom. The molecule has 2 aromatic heterocycles. The van der Waals surface area contributed by atoms with Crippen molar-refractivity contribution in [1.29, 1.82) is 0 Å². The zero-order chi connectivity index (χ0) is 27.9. The molecule has 3 fully saturated rings. The van der Waals surface area contributed by atoms with Crippen molar-refractivity contribution in [2.24, 2.45) is 11.7 Å². The van der Waals surface area contributed by atoms with Gasteiger partial charge >= 0.3 is 0 Å². The number of hydrogen-bond donors (Lipinski definition) is 2. The molecule has 4 heterocycles. The number of aromatic nitrogens is 3. The number of nitrogens with zero attached hydrogens (tertiary/aromatic N) is 4. The van der Waals surface area contributed by atoms with Crippen molar-refractivity contribution < 1.29 is 18.4 Å². The third-order valence-electron chi connectivity index (χ3n) is 8.93. The number of amides is 2. The van der Waals surface area contributed by atoms with Crippen LogP contribution in [0.25, 0.3) is 0 Å². The number of aryl methyl sites for hydroxylation is 1. The zero-order valence-corrected chi connectivity index (χ0v) is 23.9. The molecule has 5 rings (SSSR count). The van der Waals surface area contributed by atoms with Gasteiger partial charge in [-0.25, -0.2) is 8.78 Å². The summed E-state index contributed by atoms with van der Waals surface area (Å²) >= 11 is 1.30. The first-order valence-corrected chi connectivity index (χ1v) is 15.1. The van der Waals surface area contributed by atoms with Crippen LogP contribution in [0.2, 0.25) is 0 Å². The largest absolute Gasteiger partial charge is 0.365 e. The predicted molar refractivity (Wildman–Crippen MR) is 146 cm³/mol. The van der Waals surface area contributed by atoms with E-state index < -0.39 is 17.7 Å². The van der Waals surface area contributed by atoms with E-state index >= 15 is 0 Å². The average molecular weight is 563 g/mol. The Labute approximate surface area is 232 Å². The first-order chi connectivity index (χ1) is 18.5. The molecule has 4 atom stereocenters. The maximum atomic E-state index is 13.7. The first-order valence-electron chi connectivity index (χ1n) is 14.3. The van der Waals surface area contributed by atoms with Crippen molar-refractivity contribution in [2.75, 3.05) is 6.54 Å². The third kappa shape index (κ3) is 6.04. The molecule has 2 aliphatic heterocycles. The van der Waals surface area contributed by atoms with Gasteiger partial charge in [0, 0.05) is 54.2 Å². The summed E-state index contributed by atoms with van der Waals surface area (Å²) in [6.07, 6.45) is 4.98. The van der Waals surface area contributed by atoms with Crippen LogP contribution >= 0.6 is 11.3 Å². The number of hydrogen-bond acceptors (Lipinski definition) is 6. The summed E-state index contributed by atoms with van der Waals surface area (Å²) in [5, 5.41) is 12.0. The Bertz CT molecular complexity index is 1170. The summed E-state index contributed by atoms with van der Waals surface area (Å²) in [7, 11) is 0. The molecule has 2 aromatic rings. The maximum absolute atomic E-state index is 13.7. The summed E-state index contributed by atoms with van der Waals surface area (Å²) < 4.78 is 29.7. The lowest BCUT2D eigenvalue weighted by Gasteiger charge is -2.40. The van der Waals surface area contributed by atoms with Gasteiger partial charge in [0.05, 0.1) is 10.9 Å². The van der Waals surface area contributed by atoms with Crippen molar-refractivity contribution in [3.63, 3.8) is 0 Å². The Hall–Kier alpha value is -2.40. The van der Waals surface area contributed by atoms with Gasteiger partial charge in [-0.3, -0.25) is 14.5 Å². The Kier molecular flexibility index (Phi) is 8.10. The molecule has 2 bridgehead atoms. The third-order valence-corrected chi connectivity index (χ3v) is 10.1. The molecule has 1 aliphatic carbocycles. The second-order valence-electron chi connectivity index (χ2n) is 11.9. The van der Waals surface area contributed by atoms with Crippen LogP contribution in [0.1, 0.15) is 116 Å². The lowest BCUT2D eigenvalue weighted by Crippen LogP contribution is -2.45. The Morgan fingerprint density at radius 1 is 1.10 bits per heavy atom. The standard InChI is InChI=1S/C28H40F2N6O2S/c1-16(2)26-34-33-17(3)36(26)21-14-19-4-5-20(15-21)35(19)13-10-22(23-6-7-24(39-23)25(31)37)32-27(38)18-8-11-28(29,30)12-9-18/h6-7,16,18-22H,4-5,8-15H2,1-3H3,(H2,31,37)(H,32,38)/t19-,20+,21?,22-/m0/s1. The molecule has 214 valence electrons. The SMILES string of the molecule is Cc1nnc(C(C)C)n1C1C[C@H]2CC[C@@H](C1)N2CC[C@H](NC(=O)C1CCC(F)(F)CC1)c1ccc(C(N)=O)s1. The molecule has 39 heavy (non-hydrogen) atoms. The van der Waals surface area contributed by atoms with Crippen LogP contribution in [0.15, 0.2) is 12.1 Å². The van der Waals surface area contributed by atoms with E-state index in [2.05, 4.69) is 38.8 Å². The van der Waals surface area contributed by atoms with Crippen molar-refractivity contribution in [3.8, 4) is 0 Å². The van der Waals surface area contributed by atoms with Crippen molar-refractivity contribution >= 4 is 23.2 Å². The zero-order valence-electron chi connectivity index (χ0n) is 23.0. The smallest absolute Gasteiger partial charge is 0.258 e. The van der Waals surface area contributed by atoms with Crippen LogP contribution in [0.4, 0.5) is 8.78 Å². The van der Waals surface area contributed by atoms with E-state index in [0.717, 1.165) is 48.8 Å². The van der Waals surface area contributed by atoms with Crippen LogP contribution in [0, 0.1) is 12.8 Å². The number of carbonyl (C=O) groups is 2. The van der Waals surface area contributed by atoms with Gasteiger partial charge in [0.2, 0.25) is 11.8 Å². The number of piperidine rings is 1. The van der Waals surface area contributed by atoms with Crippen molar-refractivity contribution in [2.45, 2.75) is 115 Å². The number of thiophene rings is 1. The Morgan fingerprint density at radius 2 is 1.77 bits per heavy atom. The number of nitrogens with one attached hydrogen (secondary N) is 1. The molecule has 2 saturated heterocycles. The summed E-state index contributed by atoms with van der Waals surface area (Å²) in [5.41, 5.74) is 5.49. The minimum absolute atomic E-state index is 0.171. The fourth-order valence-corrected chi connectivity index (χ4v) is 7.83. The molecule has 0 spiro atoms. The molecule has 0 aromatic carbocycles. The number of nitrogens with two attached hydrogens (primary N) is 1. The fourth-order valence-electron chi connectivity index (χ4n) is 6.88. The number of alkyl halides is 2. The number of primary amides is 1. The molecule has 11 heteroatoms. The fraction of sp³-hybridized carbons (Fsp3) is 0.714. The van der Waals surface area contributed by atoms with Gasteiger partial charge in [-0.1, -0.05) is 13.8 Å². The first kappa shape index (κ1) is 28.1. The van der Waals surface area contributed by atoms with Gasteiger partial charge in [0.25, 0.3) is 5.91 Å². The van der Waals surface area contributed by atoms with E-state index in [1.807, 2.05) is 13.0 Å². The van der Waals surface area contributed by atoms with Gasteiger partial charge in [-0.15, -0.1) is 21.5 Å². The second kappa shape index (κ2) is 11.2. The van der Waals surface area contributed by atoms with E-state index in [-0.39, 0.29) is 37.6 Å². The van der Waals surface area contributed by atoms with E-state index in [1.54, 1.807) is 6.07 Å². The average Bonchev–Trinajstić information content (AvgIpc) is 3.58. The molecule has 3 N–H and O–H groups in total. The maximum Gasteiger partial charge on any atom is 0.258 e. The van der Waals surface area contributed by atoms with Crippen molar-refractivity contribution in [3.05, 3.63) is 33.5 Å². The molecular formula is C28H40F2N6O2S. The summed E-state index contributed by atoms with van der Waals surface area (Å²) in [6.45, 7) is 7.17. The summed E-state index contributed by atoms with van der Waals surface area (Å²) in [6, 6.07) is 4.57. The van der Waals surface area contributed by atoms with Gasteiger partial charge in [-0.2, -0.15) is 0 Å². The van der Waals surface area contributed by atoms with E-state index in [9.17, 15) is 18.4 Å².